The van der Waals surface area contributed by atoms with Crippen LogP contribution >= 0.6 is 0 Å². The van der Waals surface area contributed by atoms with Gasteiger partial charge in [0.15, 0.2) is 0 Å². The molecule has 2 atom stereocenters. The molecule has 1 saturated carbocycles. The maximum atomic E-state index is 9.44. The van der Waals surface area contributed by atoms with Gasteiger partial charge < -0.3 is 5.11 Å². The highest BCUT2D eigenvalue weighted by Crippen LogP contribution is 2.30. The molecular formula is C11H18N2O. The zero-order chi connectivity index (χ0) is 10.1. The van der Waals surface area contributed by atoms with E-state index in [0.29, 0.717) is 12.0 Å². The number of aliphatic hydroxyl groups is 1. The summed E-state index contributed by atoms with van der Waals surface area (Å²) < 4.78 is 2.02. The summed E-state index contributed by atoms with van der Waals surface area (Å²) in [6.45, 7) is 4.34. The Morgan fingerprint density at radius 1 is 1.50 bits per heavy atom. The Hall–Kier alpha value is -0.830. The van der Waals surface area contributed by atoms with Crippen LogP contribution in [0.2, 0.25) is 0 Å². The molecule has 1 aromatic heterocycles. The third-order valence-corrected chi connectivity index (χ3v) is 3.04. The lowest BCUT2D eigenvalue weighted by Crippen LogP contribution is -2.07. The molecular weight excluding hydrogens is 176 g/mol. The second-order valence-corrected chi connectivity index (χ2v) is 4.53. The Kier molecular flexibility index (Phi) is 2.59. The summed E-state index contributed by atoms with van der Waals surface area (Å²) >= 11 is 0. The van der Waals surface area contributed by atoms with Crippen LogP contribution in [0.3, 0.4) is 0 Å². The van der Waals surface area contributed by atoms with Gasteiger partial charge >= 0.3 is 0 Å². The first-order valence-corrected chi connectivity index (χ1v) is 5.39. The minimum absolute atomic E-state index is 0.119. The summed E-state index contributed by atoms with van der Waals surface area (Å²) in [5.74, 6) is 0.537. The molecule has 0 amide bonds. The van der Waals surface area contributed by atoms with Crippen LogP contribution in [-0.2, 0) is 0 Å². The topological polar surface area (TPSA) is 38.0 Å². The van der Waals surface area contributed by atoms with Crippen molar-refractivity contribution < 1.29 is 5.11 Å². The first-order chi connectivity index (χ1) is 6.66. The number of hydrogen-bond donors (Lipinski definition) is 1. The molecule has 14 heavy (non-hydrogen) atoms. The number of rotatable bonds is 2. The second kappa shape index (κ2) is 3.73. The second-order valence-electron chi connectivity index (χ2n) is 4.53. The molecule has 1 fully saturated rings. The molecule has 0 radical (unpaired) electrons. The predicted molar refractivity (Wildman–Crippen MR) is 55.2 cm³/mol. The largest absolute Gasteiger partial charge is 0.393 e. The quantitative estimate of drug-likeness (QED) is 0.782. The Morgan fingerprint density at radius 2 is 2.29 bits per heavy atom. The van der Waals surface area contributed by atoms with E-state index >= 15 is 0 Å². The third-order valence-electron chi connectivity index (χ3n) is 3.04. The minimum atomic E-state index is -0.119. The molecule has 0 aromatic carbocycles. The van der Waals surface area contributed by atoms with Crippen molar-refractivity contribution >= 4 is 0 Å². The Bertz CT molecular complexity index is 306. The monoisotopic (exact) mass is 194 g/mol. The van der Waals surface area contributed by atoms with Crippen molar-refractivity contribution in [2.75, 3.05) is 0 Å². The van der Waals surface area contributed by atoms with E-state index in [9.17, 15) is 5.11 Å². The smallest absolute Gasteiger partial charge is 0.0561 e. The maximum Gasteiger partial charge on any atom is 0.0561 e. The first-order valence-electron chi connectivity index (χ1n) is 5.39. The lowest BCUT2D eigenvalue weighted by atomic mass is 10.1. The lowest BCUT2D eigenvalue weighted by molar-refractivity contribution is 0.177. The van der Waals surface area contributed by atoms with Crippen LogP contribution in [0.25, 0.3) is 0 Å². The van der Waals surface area contributed by atoms with Gasteiger partial charge in [-0.15, -0.1) is 0 Å². The summed E-state index contributed by atoms with van der Waals surface area (Å²) in [7, 11) is 0. The normalized spacial score (nSPS) is 27.4. The highest BCUT2D eigenvalue weighted by molar-refractivity contribution is 5.09. The fourth-order valence-electron chi connectivity index (χ4n) is 2.03. The summed E-state index contributed by atoms with van der Waals surface area (Å²) in [5.41, 5.74) is 1.28. The fraction of sp³-hybridized carbons (Fsp3) is 0.727. The van der Waals surface area contributed by atoms with Gasteiger partial charge in [0.1, 0.15) is 0 Å². The molecule has 3 nitrogen and oxygen atoms in total. The van der Waals surface area contributed by atoms with Crippen molar-refractivity contribution in [3.8, 4) is 0 Å². The van der Waals surface area contributed by atoms with Gasteiger partial charge in [0.2, 0.25) is 0 Å². The van der Waals surface area contributed by atoms with Crippen LogP contribution in [0, 0.1) is 0 Å². The molecule has 0 saturated heterocycles. The molecule has 1 aromatic rings. The van der Waals surface area contributed by atoms with Crippen LogP contribution in [0.1, 0.15) is 50.6 Å². The molecule has 3 heteroatoms. The Morgan fingerprint density at radius 3 is 2.79 bits per heavy atom. The minimum Gasteiger partial charge on any atom is -0.393 e. The van der Waals surface area contributed by atoms with Gasteiger partial charge in [-0.05, 0) is 30.7 Å². The lowest BCUT2D eigenvalue weighted by Gasteiger charge is -2.09. The third kappa shape index (κ3) is 1.82. The summed E-state index contributed by atoms with van der Waals surface area (Å²) in [5, 5.41) is 13.8. The van der Waals surface area contributed by atoms with E-state index < -0.39 is 0 Å². The number of nitrogens with zero attached hydrogens (tertiary/aromatic N) is 2. The molecule has 2 rings (SSSR count). The molecule has 2 unspecified atom stereocenters. The van der Waals surface area contributed by atoms with Gasteiger partial charge in [-0.25, -0.2) is 0 Å². The zero-order valence-electron chi connectivity index (χ0n) is 8.85. The van der Waals surface area contributed by atoms with Crippen LogP contribution < -0.4 is 0 Å². The first kappa shape index (κ1) is 9.71. The van der Waals surface area contributed by atoms with Gasteiger partial charge in [0.05, 0.1) is 18.3 Å². The summed E-state index contributed by atoms with van der Waals surface area (Å²) in [4.78, 5) is 0. The Balaban J connectivity index is 2.09. The molecule has 0 bridgehead atoms. The van der Waals surface area contributed by atoms with Gasteiger partial charge in [0, 0.05) is 6.20 Å². The van der Waals surface area contributed by atoms with Crippen LogP contribution in [0.15, 0.2) is 12.4 Å². The summed E-state index contributed by atoms with van der Waals surface area (Å²) in [6.07, 6.45) is 6.77. The predicted octanol–water partition coefficient (Wildman–Crippen LogP) is 2.09. The SMILES string of the molecule is CC(C)c1cnn(C2CCC(O)C2)c1. The van der Waals surface area contributed by atoms with Crippen LogP contribution in [0.4, 0.5) is 0 Å². The van der Waals surface area contributed by atoms with Gasteiger partial charge in [-0.2, -0.15) is 5.10 Å². The van der Waals surface area contributed by atoms with Gasteiger partial charge in [-0.1, -0.05) is 13.8 Å². The molecule has 78 valence electrons. The van der Waals surface area contributed by atoms with E-state index in [1.807, 2.05) is 10.9 Å². The zero-order valence-corrected chi connectivity index (χ0v) is 8.85. The van der Waals surface area contributed by atoms with Crippen molar-refractivity contribution in [3.63, 3.8) is 0 Å². The van der Waals surface area contributed by atoms with E-state index in [0.717, 1.165) is 19.3 Å². The van der Waals surface area contributed by atoms with Crippen molar-refractivity contribution in [1.82, 2.24) is 9.78 Å². The molecule has 1 heterocycles. The highest BCUT2D eigenvalue weighted by atomic mass is 16.3. The van der Waals surface area contributed by atoms with E-state index in [4.69, 9.17) is 0 Å². The van der Waals surface area contributed by atoms with E-state index in [1.54, 1.807) is 0 Å². The highest BCUT2D eigenvalue weighted by Gasteiger charge is 2.24. The average molecular weight is 194 g/mol. The van der Waals surface area contributed by atoms with Crippen LogP contribution in [-0.4, -0.2) is 21.0 Å². The van der Waals surface area contributed by atoms with Crippen molar-refractivity contribution in [3.05, 3.63) is 18.0 Å². The van der Waals surface area contributed by atoms with Crippen LogP contribution in [0.5, 0.6) is 0 Å². The molecule has 1 aliphatic rings. The van der Waals surface area contributed by atoms with Gasteiger partial charge in [0.25, 0.3) is 0 Å². The molecule has 0 aliphatic heterocycles. The summed E-state index contributed by atoms with van der Waals surface area (Å²) in [6, 6.07) is 0.414. The van der Waals surface area contributed by atoms with Crippen molar-refractivity contribution in [1.29, 1.82) is 0 Å². The number of aliphatic hydroxyl groups excluding tert-OH is 1. The molecule has 0 spiro atoms. The standard InChI is InChI=1S/C11H18N2O/c1-8(2)9-6-12-13(7-9)10-3-4-11(14)5-10/h6-8,10-11,14H,3-5H2,1-2H3. The number of aromatic nitrogens is 2. The fourth-order valence-corrected chi connectivity index (χ4v) is 2.03. The molecule has 1 N–H and O–H groups in total. The van der Waals surface area contributed by atoms with Crippen molar-refractivity contribution in [2.24, 2.45) is 0 Å². The van der Waals surface area contributed by atoms with Crippen molar-refractivity contribution in [2.45, 2.75) is 51.2 Å². The molecule has 1 aliphatic carbocycles. The van der Waals surface area contributed by atoms with E-state index in [1.165, 1.54) is 5.56 Å². The maximum absolute atomic E-state index is 9.44. The average Bonchev–Trinajstić information content (AvgIpc) is 2.70. The van der Waals surface area contributed by atoms with E-state index in [-0.39, 0.29) is 6.10 Å². The van der Waals surface area contributed by atoms with E-state index in [2.05, 4.69) is 25.1 Å². The number of hydrogen-bond acceptors (Lipinski definition) is 2. The Labute approximate surface area is 84.7 Å². The van der Waals surface area contributed by atoms with Gasteiger partial charge in [-0.3, -0.25) is 4.68 Å².